The van der Waals surface area contributed by atoms with Crippen molar-refractivity contribution in [2.24, 2.45) is 0 Å². The second kappa shape index (κ2) is 8.19. The molecule has 2 aromatic carbocycles. The van der Waals surface area contributed by atoms with Gasteiger partial charge in [0.05, 0.1) is 6.61 Å². The lowest BCUT2D eigenvalue weighted by molar-refractivity contribution is -0.132. The number of amides is 1. The number of para-hydroxylation sites is 1. The Morgan fingerprint density at radius 2 is 1.88 bits per heavy atom. The van der Waals surface area contributed by atoms with Crippen molar-refractivity contribution in [3.05, 3.63) is 70.9 Å². The third-order valence-corrected chi connectivity index (χ3v) is 4.54. The van der Waals surface area contributed by atoms with E-state index in [0.29, 0.717) is 31.0 Å². The van der Waals surface area contributed by atoms with Crippen LogP contribution >= 0.6 is 11.6 Å². The minimum absolute atomic E-state index is 0.0364. The maximum atomic E-state index is 12.6. The standard InChI is InChI=1S/C20H21ClN2O2/c21-17-8-5-15(6-9-17)14-23(11-12-24)20(25)10-7-16-13-22-19-4-2-1-3-18(16)19/h1-6,8-9,13,22,24H,7,10-12,14H2. The van der Waals surface area contributed by atoms with E-state index in [0.717, 1.165) is 22.0 Å². The van der Waals surface area contributed by atoms with Crippen LogP contribution in [0.1, 0.15) is 17.5 Å². The topological polar surface area (TPSA) is 56.3 Å². The predicted octanol–water partition coefficient (Wildman–Crippen LogP) is 3.78. The van der Waals surface area contributed by atoms with E-state index in [-0.39, 0.29) is 12.5 Å². The van der Waals surface area contributed by atoms with Gasteiger partial charge in [0, 0.05) is 41.6 Å². The summed E-state index contributed by atoms with van der Waals surface area (Å²) in [7, 11) is 0. The maximum absolute atomic E-state index is 12.6. The Balaban J connectivity index is 1.65. The van der Waals surface area contributed by atoms with E-state index in [1.807, 2.05) is 48.7 Å². The van der Waals surface area contributed by atoms with Gasteiger partial charge in [0.15, 0.2) is 0 Å². The van der Waals surface area contributed by atoms with Gasteiger partial charge in [-0.15, -0.1) is 0 Å². The predicted molar refractivity (Wildman–Crippen MR) is 101 cm³/mol. The smallest absolute Gasteiger partial charge is 0.223 e. The number of nitrogens with zero attached hydrogens (tertiary/aromatic N) is 1. The SMILES string of the molecule is O=C(CCc1c[nH]c2ccccc12)N(CCO)Cc1ccc(Cl)cc1. The zero-order chi connectivity index (χ0) is 17.6. The Labute approximate surface area is 152 Å². The van der Waals surface area contributed by atoms with E-state index in [4.69, 9.17) is 11.6 Å². The lowest BCUT2D eigenvalue weighted by Crippen LogP contribution is -2.33. The van der Waals surface area contributed by atoms with Gasteiger partial charge < -0.3 is 15.0 Å². The van der Waals surface area contributed by atoms with Gasteiger partial charge >= 0.3 is 0 Å². The summed E-state index contributed by atoms with van der Waals surface area (Å²) in [4.78, 5) is 17.5. The highest BCUT2D eigenvalue weighted by Crippen LogP contribution is 2.19. The molecule has 0 saturated carbocycles. The summed E-state index contributed by atoms with van der Waals surface area (Å²) in [6.07, 6.45) is 3.05. The number of rotatable bonds is 7. The van der Waals surface area contributed by atoms with Crippen LogP contribution in [0.2, 0.25) is 5.02 Å². The summed E-state index contributed by atoms with van der Waals surface area (Å²) in [5.74, 6) is 0.0364. The normalized spacial score (nSPS) is 11.0. The molecule has 3 rings (SSSR count). The molecule has 0 bridgehead atoms. The van der Waals surface area contributed by atoms with E-state index >= 15 is 0 Å². The number of benzene rings is 2. The number of hydrogen-bond donors (Lipinski definition) is 2. The summed E-state index contributed by atoms with van der Waals surface area (Å²) in [5, 5.41) is 11.1. The fourth-order valence-electron chi connectivity index (χ4n) is 2.96. The number of fused-ring (bicyclic) bond motifs is 1. The summed E-state index contributed by atoms with van der Waals surface area (Å²) in [5.41, 5.74) is 3.22. The zero-order valence-corrected chi connectivity index (χ0v) is 14.7. The van der Waals surface area contributed by atoms with Gasteiger partial charge in [0.25, 0.3) is 0 Å². The third kappa shape index (κ3) is 4.41. The Kier molecular flexibility index (Phi) is 5.74. The van der Waals surface area contributed by atoms with Crippen LogP contribution in [0.25, 0.3) is 10.9 Å². The largest absolute Gasteiger partial charge is 0.395 e. The monoisotopic (exact) mass is 356 g/mol. The highest BCUT2D eigenvalue weighted by Gasteiger charge is 2.14. The number of H-pyrrole nitrogens is 1. The number of hydrogen-bond acceptors (Lipinski definition) is 2. The number of carbonyl (C=O) groups is 1. The van der Waals surface area contributed by atoms with E-state index in [9.17, 15) is 9.90 Å². The molecule has 130 valence electrons. The number of aromatic amines is 1. The molecule has 0 radical (unpaired) electrons. The molecule has 1 aromatic heterocycles. The van der Waals surface area contributed by atoms with Crippen LogP contribution in [0.5, 0.6) is 0 Å². The van der Waals surface area contributed by atoms with Gasteiger partial charge in [-0.2, -0.15) is 0 Å². The number of aryl methyl sites for hydroxylation is 1. The van der Waals surface area contributed by atoms with E-state index in [2.05, 4.69) is 11.1 Å². The Hall–Kier alpha value is -2.30. The average Bonchev–Trinajstić information content (AvgIpc) is 3.04. The van der Waals surface area contributed by atoms with Crippen LogP contribution in [0, 0.1) is 0 Å². The van der Waals surface area contributed by atoms with Crippen LogP contribution in [-0.2, 0) is 17.8 Å². The number of aromatic nitrogens is 1. The van der Waals surface area contributed by atoms with Crippen LogP contribution in [-0.4, -0.2) is 34.0 Å². The summed E-state index contributed by atoms with van der Waals surface area (Å²) in [6.45, 7) is 0.756. The van der Waals surface area contributed by atoms with Crippen LogP contribution in [0.3, 0.4) is 0 Å². The van der Waals surface area contributed by atoms with Crippen molar-refractivity contribution in [2.45, 2.75) is 19.4 Å². The highest BCUT2D eigenvalue weighted by molar-refractivity contribution is 6.30. The third-order valence-electron chi connectivity index (χ3n) is 4.29. The minimum Gasteiger partial charge on any atom is -0.395 e. The van der Waals surface area contributed by atoms with Gasteiger partial charge in [-0.25, -0.2) is 0 Å². The molecule has 0 fully saturated rings. The minimum atomic E-state index is -0.0492. The first-order valence-electron chi connectivity index (χ1n) is 8.35. The number of halogens is 1. The van der Waals surface area contributed by atoms with Gasteiger partial charge in [-0.05, 0) is 35.7 Å². The van der Waals surface area contributed by atoms with Crippen molar-refractivity contribution in [1.29, 1.82) is 0 Å². The van der Waals surface area contributed by atoms with Crippen molar-refractivity contribution >= 4 is 28.4 Å². The van der Waals surface area contributed by atoms with Crippen LogP contribution in [0.4, 0.5) is 0 Å². The molecule has 3 aromatic rings. The molecule has 2 N–H and O–H groups in total. The highest BCUT2D eigenvalue weighted by atomic mass is 35.5. The van der Waals surface area contributed by atoms with Crippen molar-refractivity contribution in [1.82, 2.24) is 9.88 Å². The van der Waals surface area contributed by atoms with E-state index in [1.165, 1.54) is 0 Å². The number of carbonyl (C=O) groups excluding carboxylic acids is 1. The first-order chi connectivity index (χ1) is 12.2. The fraction of sp³-hybridized carbons (Fsp3) is 0.250. The van der Waals surface area contributed by atoms with Crippen LogP contribution < -0.4 is 0 Å². The number of aliphatic hydroxyl groups excluding tert-OH is 1. The molecular formula is C20H21ClN2O2. The van der Waals surface area contributed by atoms with Crippen molar-refractivity contribution in [2.75, 3.05) is 13.2 Å². The van der Waals surface area contributed by atoms with Crippen molar-refractivity contribution < 1.29 is 9.90 Å². The molecular weight excluding hydrogens is 336 g/mol. The molecule has 0 aliphatic carbocycles. The van der Waals surface area contributed by atoms with E-state index in [1.54, 1.807) is 4.90 Å². The maximum Gasteiger partial charge on any atom is 0.223 e. The number of nitrogens with one attached hydrogen (secondary N) is 1. The lowest BCUT2D eigenvalue weighted by Gasteiger charge is -2.22. The molecule has 1 heterocycles. The van der Waals surface area contributed by atoms with Gasteiger partial charge in [-0.3, -0.25) is 4.79 Å². The lowest BCUT2D eigenvalue weighted by atomic mass is 10.1. The van der Waals surface area contributed by atoms with Gasteiger partial charge in [-0.1, -0.05) is 41.9 Å². The first kappa shape index (κ1) is 17.5. The second-order valence-electron chi connectivity index (χ2n) is 6.02. The first-order valence-corrected chi connectivity index (χ1v) is 8.73. The molecule has 0 saturated heterocycles. The molecule has 5 heteroatoms. The average molecular weight is 357 g/mol. The van der Waals surface area contributed by atoms with Crippen LogP contribution in [0.15, 0.2) is 54.7 Å². The number of aliphatic hydroxyl groups is 1. The van der Waals surface area contributed by atoms with E-state index < -0.39 is 0 Å². The molecule has 1 amide bonds. The van der Waals surface area contributed by atoms with Gasteiger partial charge in [0.1, 0.15) is 0 Å². The Morgan fingerprint density at radius 3 is 2.64 bits per heavy atom. The van der Waals surface area contributed by atoms with Crippen molar-refractivity contribution in [3.63, 3.8) is 0 Å². The zero-order valence-electron chi connectivity index (χ0n) is 13.9. The molecule has 25 heavy (non-hydrogen) atoms. The fourth-order valence-corrected chi connectivity index (χ4v) is 3.09. The molecule has 0 unspecified atom stereocenters. The molecule has 0 atom stereocenters. The van der Waals surface area contributed by atoms with Crippen molar-refractivity contribution in [3.8, 4) is 0 Å². The molecule has 0 aliphatic heterocycles. The molecule has 4 nitrogen and oxygen atoms in total. The quantitative estimate of drug-likeness (QED) is 0.677. The summed E-state index contributed by atoms with van der Waals surface area (Å²) in [6, 6.07) is 15.5. The second-order valence-corrected chi connectivity index (χ2v) is 6.46. The van der Waals surface area contributed by atoms with Gasteiger partial charge in [0.2, 0.25) is 5.91 Å². The Morgan fingerprint density at radius 1 is 1.12 bits per heavy atom. The Bertz CT molecular complexity index is 842. The molecule has 0 aliphatic rings. The summed E-state index contributed by atoms with van der Waals surface area (Å²) >= 11 is 5.90. The molecule has 0 spiro atoms. The summed E-state index contributed by atoms with van der Waals surface area (Å²) < 4.78 is 0.